The van der Waals surface area contributed by atoms with E-state index >= 15 is 0 Å². The van der Waals surface area contributed by atoms with Crippen LogP contribution in [0.2, 0.25) is 0 Å². The number of rotatable bonds is 5. The van der Waals surface area contributed by atoms with Crippen LogP contribution in [0.5, 0.6) is 5.75 Å². The van der Waals surface area contributed by atoms with Crippen molar-refractivity contribution < 1.29 is 13.2 Å². The van der Waals surface area contributed by atoms with E-state index in [0.29, 0.717) is 5.75 Å². The van der Waals surface area contributed by atoms with Gasteiger partial charge in [-0.05, 0) is 17.7 Å². The van der Waals surface area contributed by atoms with Crippen LogP contribution < -0.4 is 10.5 Å². The zero-order valence-corrected chi connectivity index (χ0v) is 12.6. The fourth-order valence-electron chi connectivity index (χ4n) is 1.57. The molecule has 0 spiro atoms. The summed E-state index contributed by atoms with van der Waals surface area (Å²) >= 11 is 0.842. The number of nitrogens with zero attached hydrogens (tertiary/aromatic N) is 3. The molecule has 0 atom stereocenters. The van der Waals surface area contributed by atoms with Gasteiger partial charge in [0.2, 0.25) is 9.47 Å². The Balaban J connectivity index is 2.20. The van der Waals surface area contributed by atoms with Crippen molar-refractivity contribution in [3.05, 3.63) is 29.8 Å². The lowest BCUT2D eigenvalue weighted by molar-refractivity contribution is 0.412. The molecule has 1 aromatic carbocycles. The maximum Gasteiger partial charge on any atom is 0.272 e. The number of hydrogen-bond acceptors (Lipinski definition) is 7. The first kappa shape index (κ1) is 14.7. The van der Waals surface area contributed by atoms with E-state index in [-0.39, 0.29) is 16.0 Å². The van der Waals surface area contributed by atoms with Crippen molar-refractivity contribution in [2.75, 3.05) is 19.9 Å². The molecule has 0 saturated carbocycles. The van der Waals surface area contributed by atoms with Crippen LogP contribution in [0.4, 0.5) is 5.13 Å². The van der Waals surface area contributed by atoms with Crippen molar-refractivity contribution in [2.45, 2.75) is 10.9 Å². The predicted octanol–water partition coefficient (Wildman–Crippen LogP) is 0.950. The van der Waals surface area contributed by atoms with E-state index in [4.69, 9.17) is 10.5 Å². The van der Waals surface area contributed by atoms with E-state index in [1.807, 2.05) is 6.07 Å². The molecule has 108 valence electrons. The minimum Gasteiger partial charge on any atom is -0.497 e. The Labute approximate surface area is 121 Å². The van der Waals surface area contributed by atoms with Crippen molar-refractivity contribution in [3.8, 4) is 5.75 Å². The Morgan fingerprint density at radius 1 is 1.40 bits per heavy atom. The van der Waals surface area contributed by atoms with Gasteiger partial charge in [-0.1, -0.05) is 23.5 Å². The summed E-state index contributed by atoms with van der Waals surface area (Å²) in [5, 5.41) is 7.22. The summed E-state index contributed by atoms with van der Waals surface area (Å²) in [7, 11) is -0.641. The first-order valence-corrected chi connectivity index (χ1v) is 7.87. The molecule has 2 aromatic rings. The Kier molecular flexibility index (Phi) is 4.21. The molecule has 7 nitrogen and oxygen atoms in total. The van der Waals surface area contributed by atoms with Gasteiger partial charge in [-0.2, -0.15) is 4.31 Å². The smallest absolute Gasteiger partial charge is 0.272 e. The zero-order chi connectivity index (χ0) is 14.8. The molecule has 0 bridgehead atoms. The summed E-state index contributed by atoms with van der Waals surface area (Å²) in [6.45, 7) is 0.207. The van der Waals surface area contributed by atoms with Crippen molar-refractivity contribution >= 4 is 26.5 Å². The van der Waals surface area contributed by atoms with Crippen LogP contribution in [0.15, 0.2) is 28.6 Å². The van der Waals surface area contributed by atoms with Crippen LogP contribution in [0, 0.1) is 0 Å². The van der Waals surface area contributed by atoms with Crippen LogP contribution in [-0.2, 0) is 16.6 Å². The third-order valence-electron chi connectivity index (χ3n) is 2.59. The quantitative estimate of drug-likeness (QED) is 0.882. The van der Waals surface area contributed by atoms with Gasteiger partial charge in [-0.15, -0.1) is 10.2 Å². The van der Waals surface area contributed by atoms with Crippen LogP contribution >= 0.6 is 11.3 Å². The number of hydrogen-bond donors (Lipinski definition) is 1. The van der Waals surface area contributed by atoms with Crippen LogP contribution in [0.1, 0.15) is 5.56 Å². The van der Waals surface area contributed by atoms with Gasteiger partial charge >= 0.3 is 0 Å². The molecule has 0 fully saturated rings. The van der Waals surface area contributed by atoms with Crippen LogP contribution in [-0.4, -0.2) is 37.1 Å². The Hall–Kier alpha value is -1.71. The number of aromatic nitrogens is 2. The summed E-state index contributed by atoms with van der Waals surface area (Å²) in [4.78, 5) is 0. The Morgan fingerprint density at radius 3 is 2.75 bits per heavy atom. The molecule has 0 unspecified atom stereocenters. The highest BCUT2D eigenvalue weighted by Gasteiger charge is 2.25. The molecule has 20 heavy (non-hydrogen) atoms. The summed E-state index contributed by atoms with van der Waals surface area (Å²) in [6, 6.07) is 7.20. The van der Waals surface area contributed by atoms with E-state index in [1.54, 1.807) is 25.3 Å². The fraction of sp³-hybridized carbons (Fsp3) is 0.273. The highest BCUT2D eigenvalue weighted by molar-refractivity contribution is 7.91. The maximum absolute atomic E-state index is 12.3. The number of methoxy groups -OCH3 is 1. The van der Waals surface area contributed by atoms with E-state index in [1.165, 1.54) is 11.4 Å². The van der Waals surface area contributed by atoms with Gasteiger partial charge in [0.15, 0.2) is 0 Å². The predicted molar refractivity (Wildman–Crippen MR) is 76.0 cm³/mol. The van der Waals surface area contributed by atoms with Gasteiger partial charge in [0.25, 0.3) is 10.0 Å². The van der Waals surface area contributed by atoms with Crippen molar-refractivity contribution in [1.29, 1.82) is 0 Å². The highest BCUT2D eigenvalue weighted by Crippen LogP contribution is 2.22. The maximum atomic E-state index is 12.3. The summed E-state index contributed by atoms with van der Waals surface area (Å²) in [5.41, 5.74) is 6.22. The number of nitrogen functional groups attached to an aromatic ring is 1. The monoisotopic (exact) mass is 314 g/mol. The van der Waals surface area contributed by atoms with E-state index in [0.717, 1.165) is 16.9 Å². The lowest BCUT2D eigenvalue weighted by Crippen LogP contribution is -2.26. The molecule has 0 aliphatic carbocycles. The minimum atomic E-state index is -3.68. The van der Waals surface area contributed by atoms with Crippen molar-refractivity contribution in [1.82, 2.24) is 14.5 Å². The normalized spacial score (nSPS) is 11.8. The zero-order valence-electron chi connectivity index (χ0n) is 11.0. The number of nitrogens with two attached hydrogens (primary N) is 1. The molecular formula is C11H14N4O3S2. The second-order valence-corrected chi connectivity index (χ2v) is 7.25. The molecule has 0 saturated heterocycles. The topological polar surface area (TPSA) is 98.4 Å². The average Bonchev–Trinajstić information content (AvgIpc) is 2.86. The minimum absolute atomic E-state index is 0.111. The number of anilines is 1. The van der Waals surface area contributed by atoms with Gasteiger partial charge in [0.05, 0.1) is 7.11 Å². The van der Waals surface area contributed by atoms with Gasteiger partial charge in [0.1, 0.15) is 5.75 Å². The van der Waals surface area contributed by atoms with Crippen LogP contribution in [0.3, 0.4) is 0 Å². The number of sulfonamides is 1. The van der Waals surface area contributed by atoms with Crippen molar-refractivity contribution in [2.24, 2.45) is 0 Å². The second-order valence-electron chi connectivity index (χ2n) is 4.02. The molecule has 2 rings (SSSR count). The number of benzene rings is 1. The highest BCUT2D eigenvalue weighted by atomic mass is 32.2. The van der Waals surface area contributed by atoms with Gasteiger partial charge in [-0.3, -0.25) is 0 Å². The fourth-order valence-corrected chi connectivity index (χ4v) is 3.70. The van der Waals surface area contributed by atoms with Gasteiger partial charge in [-0.25, -0.2) is 8.42 Å². The van der Waals surface area contributed by atoms with Gasteiger partial charge in [0, 0.05) is 13.6 Å². The van der Waals surface area contributed by atoms with E-state index < -0.39 is 10.0 Å². The molecule has 1 heterocycles. The molecule has 0 amide bonds. The SMILES string of the molecule is COc1cccc(CN(C)S(=O)(=O)c2nnc(N)s2)c1. The molecule has 2 N–H and O–H groups in total. The Morgan fingerprint density at radius 2 is 2.15 bits per heavy atom. The first-order chi connectivity index (χ1) is 9.43. The molecule has 0 radical (unpaired) electrons. The van der Waals surface area contributed by atoms with E-state index in [2.05, 4.69) is 10.2 Å². The Bertz CT molecular complexity index is 699. The lowest BCUT2D eigenvalue weighted by Gasteiger charge is -2.15. The van der Waals surface area contributed by atoms with Crippen molar-refractivity contribution in [3.63, 3.8) is 0 Å². The largest absolute Gasteiger partial charge is 0.497 e. The summed E-state index contributed by atoms with van der Waals surface area (Å²) < 4.78 is 30.7. The molecule has 0 aliphatic heterocycles. The molecular weight excluding hydrogens is 300 g/mol. The third-order valence-corrected chi connectivity index (χ3v) is 5.49. The summed E-state index contributed by atoms with van der Waals surface area (Å²) in [5.74, 6) is 0.674. The number of ether oxygens (including phenoxy) is 1. The molecule has 9 heteroatoms. The van der Waals surface area contributed by atoms with Gasteiger partial charge < -0.3 is 10.5 Å². The second kappa shape index (κ2) is 5.73. The lowest BCUT2D eigenvalue weighted by atomic mass is 10.2. The average molecular weight is 314 g/mol. The first-order valence-electron chi connectivity index (χ1n) is 5.61. The van der Waals surface area contributed by atoms with Crippen LogP contribution in [0.25, 0.3) is 0 Å². The third kappa shape index (κ3) is 3.06. The molecule has 0 aliphatic rings. The molecule has 1 aromatic heterocycles. The van der Waals surface area contributed by atoms with E-state index in [9.17, 15) is 8.42 Å². The summed E-state index contributed by atoms with van der Waals surface area (Å²) in [6.07, 6.45) is 0. The standard InChI is InChI=1S/C11H14N4O3S2/c1-15(7-8-4-3-5-9(6-8)18-2)20(16,17)11-14-13-10(12)19-11/h3-6H,7H2,1-2H3,(H2,12,13).